The molecule has 0 saturated heterocycles. The van der Waals surface area contributed by atoms with Crippen LogP contribution in [0.5, 0.6) is 5.75 Å². The van der Waals surface area contributed by atoms with Gasteiger partial charge >= 0.3 is 5.97 Å². The van der Waals surface area contributed by atoms with Crippen LogP contribution in [0.2, 0.25) is 0 Å². The zero-order valence-electron chi connectivity index (χ0n) is 14.9. The molecule has 1 N–H and O–H groups in total. The third kappa shape index (κ3) is 5.35. The van der Waals surface area contributed by atoms with Crippen molar-refractivity contribution >= 4 is 17.6 Å². The number of rotatable bonds is 8. The molecular weight excluding hydrogens is 360 g/mol. The Morgan fingerprint density at radius 1 is 0.852 bits per heavy atom. The van der Waals surface area contributed by atoms with Gasteiger partial charge in [-0.25, -0.2) is 4.79 Å². The van der Waals surface area contributed by atoms with Crippen LogP contribution in [-0.4, -0.2) is 11.1 Å². The molecule has 3 rings (SSSR count). The van der Waals surface area contributed by atoms with Gasteiger partial charge < -0.3 is 9.84 Å². The van der Waals surface area contributed by atoms with Crippen LogP contribution in [-0.2, 0) is 25.3 Å². The fourth-order valence-electron chi connectivity index (χ4n) is 2.88. The zero-order chi connectivity index (χ0) is 19.1. The Bertz CT molecular complexity index is 889. The van der Waals surface area contributed by atoms with Crippen molar-refractivity contribution in [2.45, 2.75) is 25.3 Å². The minimum atomic E-state index is -0.928. The molecular formula is C23H21ClO3. The number of halogens is 1. The third-order valence-electron chi connectivity index (χ3n) is 4.40. The molecule has 0 spiro atoms. The van der Waals surface area contributed by atoms with Gasteiger partial charge in [0.05, 0.1) is 5.56 Å². The number of aromatic carboxylic acids is 1. The molecule has 0 bridgehead atoms. The summed E-state index contributed by atoms with van der Waals surface area (Å²) in [5.41, 5.74) is 4.67. The minimum Gasteiger partial charge on any atom is -0.489 e. The van der Waals surface area contributed by atoms with Crippen molar-refractivity contribution in [2.24, 2.45) is 0 Å². The normalized spacial score (nSPS) is 10.6. The average molecular weight is 381 g/mol. The highest BCUT2D eigenvalue weighted by atomic mass is 35.5. The van der Waals surface area contributed by atoms with Crippen LogP contribution in [0.15, 0.2) is 72.8 Å². The van der Waals surface area contributed by atoms with Crippen molar-refractivity contribution in [1.29, 1.82) is 0 Å². The number of aryl methyl sites for hydroxylation is 2. The van der Waals surface area contributed by atoms with Gasteiger partial charge in [-0.3, -0.25) is 0 Å². The Labute approximate surface area is 164 Å². The maximum Gasteiger partial charge on any atom is 0.335 e. The van der Waals surface area contributed by atoms with Gasteiger partial charge in [-0.05, 0) is 53.3 Å². The molecule has 0 amide bonds. The van der Waals surface area contributed by atoms with E-state index in [4.69, 9.17) is 21.4 Å². The van der Waals surface area contributed by atoms with Gasteiger partial charge in [0.1, 0.15) is 12.4 Å². The fourth-order valence-corrected chi connectivity index (χ4v) is 3.05. The lowest BCUT2D eigenvalue weighted by Crippen LogP contribution is -2.02. The lowest BCUT2D eigenvalue weighted by atomic mass is 10.0. The van der Waals surface area contributed by atoms with E-state index >= 15 is 0 Å². The zero-order valence-corrected chi connectivity index (χ0v) is 15.7. The monoisotopic (exact) mass is 380 g/mol. The Hall–Kier alpha value is -2.78. The van der Waals surface area contributed by atoms with Gasteiger partial charge in [0.2, 0.25) is 0 Å². The highest BCUT2D eigenvalue weighted by molar-refractivity contribution is 6.17. The van der Waals surface area contributed by atoms with Crippen LogP contribution < -0.4 is 4.74 Å². The van der Waals surface area contributed by atoms with E-state index in [1.54, 1.807) is 24.3 Å². The highest BCUT2D eigenvalue weighted by Gasteiger charge is 2.08. The van der Waals surface area contributed by atoms with E-state index in [1.807, 2.05) is 30.3 Å². The third-order valence-corrected chi connectivity index (χ3v) is 4.71. The van der Waals surface area contributed by atoms with E-state index in [9.17, 15) is 4.79 Å². The predicted molar refractivity (Wildman–Crippen MR) is 108 cm³/mol. The van der Waals surface area contributed by atoms with Gasteiger partial charge in [0, 0.05) is 5.88 Å². The highest BCUT2D eigenvalue weighted by Crippen LogP contribution is 2.24. The molecule has 0 radical (unpaired) electrons. The molecule has 0 heterocycles. The molecule has 0 unspecified atom stereocenters. The van der Waals surface area contributed by atoms with Crippen molar-refractivity contribution in [3.63, 3.8) is 0 Å². The largest absolute Gasteiger partial charge is 0.489 e. The number of ether oxygens (including phenoxy) is 1. The molecule has 27 heavy (non-hydrogen) atoms. The number of benzene rings is 3. The van der Waals surface area contributed by atoms with Crippen LogP contribution in [0.1, 0.15) is 32.6 Å². The maximum atomic E-state index is 10.9. The lowest BCUT2D eigenvalue weighted by Gasteiger charge is -2.13. The standard InChI is InChI=1S/C23H21ClO3/c24-15-19-9-13-22(21(14-19)12-6-17-4-2-1-3-5-17)27-16-18-7-10-20(11-8-18)23(25)26/h1-5,7-11,13-14H,6,12,15-16H2,(H,25,26). The summed E-state index contributed by atoms with van der Waals surface area (Å²) in [6.45, 7) is 0.387. The maximum absolute atomic E-state index is 10.9. The summed E-state index contributed by atoms with van der Waals surface area (Å²) in [5.74, 6) is 0.374. The average Bonchev–Trinajstić information content (AvgIpc) is 2.72. The molecule has 0 aliphatic carbocycles. The van der Waals surface area contributed by atoms with Gasteiger partial charge in [0.25, 0.3) is 0 Å². The second-order valence-electron chi connectivity index (χ2n) is 6.35. The molecule has 3 nitrogen and oxygen atoms in total. The van der Waals surface area contributed by atoms with E-state index < -0.39 is 5.97 Å². The number of hydrogen-bond acceptors (Lipinski definition) is 2. The summed E-state index contributed by atoms with van der Waals surface area (Å²) in [5, 5.41) is 8.98. The van der Waals surface area contributed by atoms with Crippen LogP contribution in [0.3, 0.4) is 0 Å². The van der Waals surface area contributed by atoms with Crippen LogP contribution in [0, 0.1) is 0 Å². The molecule has 138 valence electrons. The molecule has 0 aromatic heterocycles. The fraction of sp³-hybridized carbons (Fsp3) is 0.174. The Balaban J connectivity index is 1.70. The van der Waals surface area contributed by atoms with Crippen molar-refractivity contribution in [2.75, 3.05) is 0 Å². The summed E-state index contributed by atoms with van der Waals surface area (Å²) >= 11 is 5.99. The molecule has 0 atom stereocenters. The summed E-state index contributed by atoms with van der Waals surface area (Å²) in [6.07, 6.45) is 1.79. The number of hydrogen-bond donors (Lipinski definition) is 1. The number of carboxylic acid groups (broad SMARTS) is 1. The Kier molecular flexibility index (Phi) is 6.50. The first-order valence-electron chi connectivity index (χ1n) is 8.82. The van der Waals surface area contributed by atoms with Crippen LogP contribution >= 0.6 is 11.6 Å². The van der Waals surface area contributed by atoms with E-state index in [1.165, 1.54) is 5.56 Å². The smallest absolute Gasteiger partial charge is 0.335 e. The Morgan fingerprint density at radius 3 is 2.22 bits per heavy atom. The first-order valence-corrected chi connectivity index (χ1v) is 9.36. The first-order chi connectivity index (χ1) is 13.2. The van der Waals surface area contributed by atoms with Gasteiger partial charge in [-0.2, -0.15) is 0 Å². The van der Waals surface area contributed by atoms with Gasteiger partial charge in [-0.1, -0.05) is 54.6 Å². The minimum absolute atomic E-state index is 0.272. The number of carboxylic acids is 1. The molecule has 0 aliphatic rings. The van der Waals surface area contributed by atoms with Crippen molar-refractivity contribution in [1.82, 2.24) is 0 Å². The van der Waals surface area contributed by atoms with Crippen molar-refractivity contribution in [3.8, 4) is 5.75 Å². The van der Waals surface area contributed by atoms with Gasteiger partial charge in [0.15, 0.2) is 0 Å². The second-order valence-corrected chi connectivity index (χ2v) is 6.62. The van der Waals surface area contributed by atoms with Crippen molar-refractivity contribution in [3.05, 3.63) is 101 Å². The second kappa shape index (κ2) is 9.24. The van der Waals surface area contributed by atoms with E-state index in [2.05, 4.69) is 18.2 Å². The quantitative estimate of drug-likeness (QED) is 0.526. The van der Waals surface area contributed by atoms with Crippen molar-refractivity contribution < 1.29 is 14.6 Å². The predicted octanol–water partition coefficient (Wildman–Crippen LogP) is 5.49. The molecule has 3 aromatic carbocycles. The molecule has 0 saturated carbocycles. The number of alkyl halides is 1. The molecule has 4 heteroatoms. The molecule has 0 aliphatic heterocycles. The summed E-state index contributed by atoms with van der Waals surface area (Å²) < 4.78 is 6.02. The van der Waals surface area contributed by atoms with Crippen LogP contribution in [0.4, 0.5) is 0 Å². The van der Waals surface area contributed by atoms with Crippen LogP contribution in [0.25, 0.3) is 0 Å². The lowest BCUT2D eigenvalue weighted by molar-refractivity contribution is 0.0697. The number of carbonyl (C=O) groups is 1. The first kappa shape index (κ1) is 19.0. The SMILES string of the molecule is O=C(O)c1ccc(COc2ccc(CCl)cc2CCc2ccccc2)cc1. The Morgan fingerprint density at radius 2 is 1.56 bits per heavy atom. The summed E-state index contributed by atoms with van der Waals surface area (Å²) in [4.78, 5) is 10.9. The van der Waals surface area contributed by atoms with E-state index in [-0.39, 0.29) is 5.56 Å². The van der Waals surface area contributed by atoms with E-state index in [0.717, 1.165) is 35.3 Å². The molecule has 0 fully saturated rings. The molecule has 3 aromatic rings. The van der Waals surface area contributed by atoms with Gasteiger partial charge in [-0.15, -0.1) is 11.6 Å². The summed E-state index contributed by atoms with van der Waals surface area (Å²) in [7, 11) is 0. The topological polar surface area (TPSA) is 46.5 Å². The summed E-state index contributed by atoms with van der Waals surface area (Å²) in [6, 6.07) is 23.1. The van der Waals surface area contributed by atoms with E-state index in [0.29, 0.717) is 12.5 Å².